The number of aliphatic hydroxyl groups excluding tert-OH is 1. The van der Waals surface area contributed by atoms with E-state index in [1.807, 2.05) is 0 Å². The minimum Gasteiger partial charge on any atom is -0.391 e. The van der Waals surface area contributed by atoms with Crippen LogP contribution >= 0.6 is 0 Å². The van der Waals surface area contributed by atoms with Gasteiger partial charge in [0.2, 0.25) is 0 Å². The average molecular weight is 247 g/mol. The summed E-state index contributed by atoms with van der Waals surface area (Å²) in [4.78, 5) is 2.44. The molecule has 0 radical (unpaired) electrons. The van der Waals surface area contributed by atoms with Crippen LogP contribution in [0.1, 0.15) is 44.6 Å². The first-order chi connectivity index (χ1) is 8.81. The van der Waals surface area contributed by atoms with Crippen LogP contribution in [0.2, 0.25) is 0 Å². The SMILES string of the molecule is CCN(Cc1ccccc1)C1CCCCCC1O. The van der Waals surface area contributed by atoms with Gasteiger partial charge in [-0.25, -0.2) is 0 Å². The van der Waals surface area contributed by atoms with E-state index in [0.717, 1.165) is 25.9 Å². The largest absolute Gasteiger partial charge is 0.391 e. The van der Waals surface area contributed by atoms with Crippen LogP contribution in [0.25, 0.3) is 0 Å². The number of hydrogen-bond acceptors (Lipinski definition) is 2. The monoisotopic (exact) mass is 247 g/mol. The number of benzene rings is 1. The first kappa shape index (κ1) is 13.6. The Labute approximate surface area is 111 Å². The summed E-state index contributed by atoms with van der Waals surface area (Å²) in [6.45, 7) is 4.16. The van der Waals surface area contributed by atoms with E-state index in [2.05, 4.69) is 42.2 Å². The van der Waals surface area contributed by atoms with Gasteiger partial charge >= 0.3 is 0 Å². The van der Waals surface area contributed by atoms with Gasteiger partial charge in [0.05, 0.1) is 6.10 Å². The summed E-state index contributed by atoms with van der Waals surface area (Å²) in [5.41, 5.74) is 1.34. The molecule has 2 unspecified atom stereocenters. The lowest BCUT2D eigenvalue weighted by molar-refractivity contribution is 0.0425. The van der Waals surface area contributed by atoms with E-state index in [1.165, 1.54) is 24.8 Å². The van der Waals surface area contributed by atoms with Crippen LogP contribution in [-0.2, 0) is 6.54 Å². The fourth-order valence-corrected chi connectivity index (χ4v) is 2.98. The Hall–Kier alpha value is -0.860. The number of likely N-dealkylation sites (N-methyl/N-ethyl adjacent to an activating group) is 1. The van der Waals surface area contributed by atoms with E-state index in [4.69, 9.17) is 0 Å². The Bertz CT molecular complexity index is 338. The molecule has 1 N–H and O–H groups in total. The third-order valence-corrected chi connectivity index (χ3v) is 4.05. The number of rotatable bonds is 4. The van der Waals surface area contributed by atoms with Crippen LogP contribution in [-0.4, -0.2) is 28.7 Å². The third-order valence-electron chi connectivity index (χ3n) is 4.05. The molecule has 0 heterocycles. The Kier molecular flexibility index (Phi) is 5.21. The Morgan fingerprint density at radius 3 is 2.56 bits per heavy atom. The van der Waals surface area contributed by atoms with Crippen molar-refractivity contribution < 1.29 is 5.11 Å². The molecule has 2 nitrogen and oxygen atoms in total. The molecule has 2 heteroatoms. The van der Waals surface area contributed by atoms with E-state index in [-0.39, 0.29) is 6.10 Å². The van der Waals surface area contributed by atoms with Crippen molar-refractivity contribution in [1.82, 2.24) is 4.90 Å². The van der Waals surface area contributed by atoms with Crippen molar-refractivity contribution >= 4 is 0 Å². The Morgan fingerprint density at radius 1 is 1.11 bits per heavy atom. The molecule has 0 aliphatic heterocycles. The fraction of sp³-hybridized carbons (Fsp3) is 0.625. The lowest BCUT2D eigenvalue weighted by atomic mass is 10.0. The Balaban J connectivity index is 2.02. The fourth-order valence-electron chi connectivity index (χ4n) is 2.98. The second kappa shape index (κ2) is 6.91. The normalized spacial score (nSPS) is 25.1. The first-order valence-corrected chi connectivity index (χ1v) is 7.27. The predicted octanol–water partition coefficient (Wildman–Crippen LogP) is 3.20. The predicted molar refractivity (Wildman–Crippen MR) is 75.4 cm³/mol. The molecule has 0 bridgehead atoms. The number of nitrogens with zero attached hydrogens (tertiary/aromatic N) is 1. The van der Waals surface area contributed by atoms with Gasteiger partial charge in [0.15, 0.2) is 0 Å². The van der Waals surface area contributed by atoms with Gasteiger partial charge in [0, 0.05) is 12.6 Å². The molecule has 2 atom stereocenters. The molecular formula is C16H25NO. The third kappa shape index (κ3) is 3.56. The van der Waals surface area contributed by atoms with Crippen LogP contribution in [0.5, 0.6) is 0 Å². The summed E-state index contributed by atoms with van der Waals surface area (Å²) in [7, 11) is 0. The lowest BCUT2D eigenvalue weighted by Crippen LogP contribution is -2.42. The molecule has 1 aliphatic rings. The van der Waals surface area contributed by atoms with Crippen molar-refractivity contribution in [3.8, 4) is 0 Å². The molecule has 2 rings (SSSR count). The smallest absolute Gasteiger partial charge is 0.0695 e. The van der Waals surface area contributed by atoms with Crippen LogP contribution in [0.4, 0.5) is 0 Å². The quantitative estimate of drug-likeness (QED) is 0.826. The topological polar surface area (TPSA) is 23.5 Å². The minimum atomic E-state index is -0.142. The number of aliphatic hydroxyl groups is 1. The lowest BCUT2D eigenvalue weighted by Gasteiger charge is -2.33. The van der Waals surface area contributed by atoms with Gasteiger partial charge in [-0.05, 0) is 24.9 Å². The zero-order chi connectivity index (χ0) is 12.8. The molecule has 100 valence electrons. The molecular weight excluding hydrogens is 222 g/mol. The molecule has 0 aromatic heterocycles. The van der Waals surface area contributed by atoms with Gasteiger partial charge in [-0.1, -0.05) is 56.5 Å². The molecule has 0 saturated heterocycles. The highest BCUT2D eigenvalue weighted by atomic mass is 16.3. The highest BCUT2D eigenvalue weighted by molar-refractivity contribution is 5.14. The van der Waals surface area contributed by atoms with Crippen molar-refractivity contribution in [3.05, 3.63) is 35.9 Å². The van der Waals surface area contributed by atoms with Crippen LogP contribution in [0.3, 0.4) is 0 Å². The molecule has 0 amide bonds. The van der Waals surface area contributed by atoms with Crippen molar-refractivity contribution in [3.63, 3.8) is 0 Å². The summed E-state index contributed by atoms with van der Waals surface area (Å²) < 4.78 is 0. The summed E-state index contributed by atoms with van der Waals surface area (Å²) >= 11 is 0. The molecule has 1 aromatic carbocycles. The maximum Gasteiger partial charge on any atom is 0.0695 e. The van der Waals surface area contributed by atoms with Crippen molar-refractivity contribution in [2.75, 3.05) is 6.54 Å². The zero-order valence-electron chi connectivity index (χ0n) is 11.4. The van der Waals surface area contributed by atoms with E-state index >= 15 is 0 Å². The maximum atomic E-state index is 10.3. The highest BCUT2D eigenvalue weighted by Gasteiger charge is 2.26. The van der Waals surface area contributed by atoms with Crippen LogP contribution < -0.4 is 0 Å². The zero-order valence-corrected chi connectivity index (χ0v) is 11.4. The minimum absolute atomic E-state index is 0.142. The van der Waals surface area contributed by atoms with E-state index < -0.39 is 0 Å². The van der Waals surface area contributed by atoms with Crippen LogP contribution in [0, 0.1) is 0 Å². The standard InChI is InChI=1S/C16H25NO/c1-2-17(13-14-9-5-3-6-10-14)15-11-7-4-8-12-16(15)18/h3,5-6,9-10,15-16,18H,2,4,7-8,11-13H2,1H3. The van der Waals surface area contributed by atoms with Gasteiger partial charge in [0.1, 0.15) is 0 Å². The van der Waals surface area contributed by atoms with Gasteiger partial charge in [-0.15, -0.1) is 0 Å². The van der Waals surface area contributed by atoms with Crippen molar-refractivity contribution in [2.45, 2.75) is 57.7 Å². The van der Waals surface area contributed by atoms with Gasteiger partial charge in [-0.3, -0.25) is 4.90 Å². The highest BCUT2D eigenvalue weighted by Crippen LogP contribution is 2.23. The molecule has 18 heavy (non-hydrogen) atoms. The van der Waals surface area contributed by atoms with Gasteiger partial charge in [0.25, 0.3) is 0 Å². The van der Waals surface area contributed by atoms with Gasteiger partial charge < -0.3 is 5.11 Å². The summed E-state index contributed by atoms with van der Waals surface area (Å²) in [5.74, 6) is 0. The van der Waals surface area contributed by atoms with E-state index in [9.17, 15) is 5.11 Å². The second-order valence-electron chi connectivity index (χ2n) is 5.32. The summed E-state index contributed by atoms with van der Waals surface area (Å²) in [5, 5.41) is 10.3. The molecule has 1 aliphatic carbocycles. The average Bonchev–Trinajstić information content (AvgIpc) is 2.62. The molecule has 1 fully saturated rings. The maximum absolute atomic E-state index is 10.3. The molecule has 0 spiro atoms. The van der Waals surface area contributed by atoms with Crippen LogP contribution in [0.15, 0.2) is 30.3 Å². The number of hydrogen-bond donors (Lipinski definition) is 1. The van der Waals surface area contributed by atoms with Gasteiger partial charge in [-0.2, -0.15) is 0 Å². The van der Waals surface area contributed by atoms with E-state index in [1.54, 1.807) is 0 Å². The van der Waals surface area contributed by atoms with Crippen molar-refractivity contribution in [1.29, 1.82) is 0 Å². The Morgan fingerprint density at radius 2 is 1.83 bits per heavy atom. The summed E-state index contributed by atoms with van der Waals surface area (Å²) in [6.07, 6.45) is 5.68. The first-order valence-electron chi connectivity index (χ1n) is 7.27. The van der Waals surface area contributed by atoms with Crippen molar-refractivity contribution in [2.24, 2.45) is 0 Å². The van der Waals surface area contributed by atoms with E-state index in [0.29, 0.717) is 6.04 Å². The summed E-state index contributed by atoms with van der Waals surface area (Å²) in [6, 6.07) is 10.9. The molecule has 1 aromatic rings. The molecule has 1 saturated carbocycles. The second-order valence-corrected chi connectivity index (χ2v) is 5.32.